The van der Waals surface area contributed by atoms with E-state index in [2.05, 4.69) is 15.1 Å². The number of rotatable bonds is 2. The number of nitrogens with two attached hydrogens (primary N) is 2. The van der Waals surface area contributed by atoms with Crippen molar-refractivity contribution in [1.29, 1.82) is 0 Å². The minimum absolute atomic E-state index is 0.224. The summed E-state index contributed by atoms with van der Waals surface area (Å²) in [5.41, 5.74) is 14.2. The Balaban J connectivity index is 1.78. The molecule has 0 unspecified atom stereocenters. The molecule has 6 heteroatoms. The Morgan fingerprint density at radius 3 is 2.65 bits per heavy atom. The number of nitrogens with zero attached hydrogens (tertiary/aromatic N) is 3. The van der Waals surface area contributed by atoms with Gasteiger partial charge in [-0.2, -0.15) is 4.98 Å². The van der Waals surface area contributed by atoms with E-state index in [1.165, 1.54) is 0 Å². The van der Waals surface area contributed by atoms with Crippen molar-refractivity contribution in [3.63, 3.8) is 0 Å². The molecule has 0 saturated heterocycles. The van der Waals surface area contributed by atoms with Crippen LogP contribution in [0.15, 0.2) is 35.5 Å². The molecule has 3 rings (SSSR count). The highest BCUT2D eigenvalue weighted by molar-refractivity contribution is 5.89. The summed E-state index contributed by atoms with van der Waals surface area (Å²) in [6, 6.07) is 9.46. The number of fused-ring (bicyclic) bond motifs is 1. The van der Waals surface area contributed by atoms with Crippen molar-refractivity contribution >= 4 is 17.5 Å². The van der Waals surface area contributed by atoms with Crippen molar-refractivity contribution in [2.24, 2.45) is 5.16 Å². The first kappa shape index (κ1) is 12.4. The maximum atomic E-state index is 5.88. The third-order valence-corrected chi connectivity index (χ3v) is 3.20. The topological polar surface area (TPSA) is 99.4 Å². The maximum Gasteiger partial charge on any atom is 0.222 e. The van der Waals surface area contributed by atoms with Crippen LogP contribution in [0.1, 0.15) is 17.7 Å². The smallest absolute Gasteiger partial charge is 0.222 e. The van der Waals surface area contributed by atoms with E-state index in [0.717, 1.165) is 29.8 Å². The van der Waals surface area contributed by atoms with Crippen molar-refractivity contribution in [3.8, 4) is 5.75 Å². The summed E-state index contributed by atoms with van der Waals surface area (Å²) in [7, 11) is 0. The highest BCUT2D eigenvalue weighted by atomic mass is 16.6. The molecule has 1 aromatic heterocycles. The van der Waals surface area contributed by atoms with Gasteiger partial charge in [-0.25, -0.2) is 4.98 Å². The third kappa shape index (κ3) is 2.54. The molecule has 0 bridgehead atoms. The van der Waals surface area contributed by atoms with Gasteiger partial charge in [-0.1, -0.05) is 23.4 Å². The SMILES string of the molecule is Nc1nc(N)c2c(n1)CCC(=NOc1ccccc1)C2. The lowest BCUT2D eigenvalue weighted by molar-refractivity contribution is 0.338. The van der Waals surface area contributed by atoms with E-state index in [0.29, 0.717) is 18.0 Å². The molecule has 1 heterocycles. The quantitative estimate of drug-likeness (QED) is 0.806. The number of anilines is 2. The van der Waals surface area contributed by atoms with E-state index in [4.69, 9.17) is 16.3 Å². The highest BCUT2D eigenvalue weighted by Gasteiger charge is 2.20. The predicted octanol–water partition coefficient (Wildman–Crippen LogP) is 1.56. The Kier molecular flexibility index (Phi) is 3.20. The molecule has 0 aliphatic heterocycles. The number of aryl methyl sites for hydroxylation is 1. The first-order valence-corrected chi connectivity index (χ1v) is 6.41. The van der Waals surface area contributed by atoms with Gasteiger partial charge in [0.15, 0.2) is 5.75 Å². The van der Waals surface area contributed by atoms with Gasteiger partial charge in [0.25, 0.3) is 0 Å². The first-order chi connectivity index (χ1) is 9.72. The molecule has 1 aliphatic rings. The van der Waals surface area contributed by atoms with Crippen molar-refractivity contribution in [2.75, 3.05) is 11.5 Å². The molecule has 1 aliphatic carbocycles. The molecular weight excluding hydrogens is 254 g/mol. The van der Waals surface area contributed by atoms with Crippen LogP contribution in [0.4, 0.5) is 11.8 Å². The average molecular weight is 269 g/mol. The molecule has 4 N–H and O–H groups in total. The molecule has 1 aromatic carbocycles. The average Bonchev–Trinajstić information content (AvgIpc) is 2.46. The fraction of sp³-hybridized carbons (Fsp3) is 0.214. The lowest BCUT2D eigenvalue weighted by Crippen LogP contribution is -2.19. The Morgan fingerprint density at radius 1 is 1.05 bits per heavy atom. The van der Waals surface area contributed by atoms with Crippen LogP contribution in [0.3, 0.4) is 0 Å². The van der Waals surface area contributed by atoms with E-state index in [1.807, 2.05) is 30.3 Å². The summed E-state index contributed by atoms with van der Waals surface area (Å²) in [5, 5.41) is 4.19. The molecule has 6 nitrogen and oxygen atoms in total. The highest BCUT2D eigenvalue weighted by Crippen LogP contribution is 2.23. The fourth-order valence-electron chi connectivity index (χ4n) is 2.20. The molecular formula is C14H15N5O. The standard InChI is InChI=1S/C14H15N5O/c15-13-11-8-9(6-7-12(11)17-14(16)18-13)19-20-10-4-2-1-3-5-10/h1-5H,6-8H2,(H4,15,16,17,18). The van der Waals surface area contributed by atoms with Crippen LogP contribution in [0.2, 0.25) is 0 Å². The second-order valence-corrected chi connectivity index (χ2v) is 4.63. The Labute approximate surface area is 116 Å². The van der Waals surface area contributed by atoms with Crippen LogP contribution in [0.25, 0.3) is 0 Å². The monoisotopic (exact) mass is 269 g/mol. The van der Waals surface area contributed by atoms with Crippen LogP contribution in [-0.2, 0) is 12.8 Å². The number of benzene rings is 1. The number of aromatic nitrogens is 2. The van der Waals surface area contributed by atoms with E-state index in [1.54, 1.807) is 0 Å². The molecule has 0 saturated carbocycles. The van der Waals surface area contributed by atoms with E-state index in [9.17, 15) is 0 Å². The van der Waals surface area contributed by atoms with E-state index < -0.39 is 0 Å². The van der Waals surface area contributed by atoms with Crippen LogP contribution in [0, 0.1) is 0 Å². The minimum Gasteiger partial charge on any atom is -0.383 e. The number of hydrogen-bond donors (Lipinski definition) is 2. The zero-order valence-corrected chi connectivity index (χ0v) is 10.9. The Morgan fingerprint density at radius 2 is 1.85 bits per heavy atom. The van der Waals surface area contributed by atoms with Gasteiger partial charge in [0.1, 0.15) is 5.82 Å². The summed E-state index contributed by atoms with van der Waals surface area (Å²) >= 11 is 0. The summed E-state index contributed by atoms with van der Waals surface area (Å²) in [6.45, 7) is 0. The number of oxime groups is 1. The minimum atomic E-state index is 0.224. The van der Waals surface area contributed by atoms with Gasteiger partial charge < -0.3 is 16.3 Å². The lowest BCUT2D eigenvalue weighted by Gasteiger charge is -2.17. The van der Waals surface area contributed by atoms with Gasteiger partial charge in [0.05, 0.1) is 11.4 Å². The number of para-hydroxylation sites is 1. The molecule has 102 valence electrons. The van der Waals surface area contributed by atoms with Crippen LogP contribution >= 0.6 is 0 Å². The van der Waals surface area contributed by atoms with Crippen molar-refractivity contribution < 1.29 is 4.84 Å². The van der Waals surface area contributed by atoms with Gasteiger partial charge in [0.2, 0.25) is 5.95 Å². The second kappa shape index (κ2) is 5.16. The molecule has 0 atom stereocenters. The lowest BCUT2D eigenvalue weighted by atomic mass is 9.95. The largest absolute Gasteiger partial charge is 0.383 e. The molecule has 0 spiro atoms. The van der Waals surface area contributed by atoms with E-state index >= 15 is 0 Å². The molecule has 0 fully saturated rings. The van der Waals surface area contributed by atoms with Gasteiger partial charge in [-0.15, -0.1) is 0 Å². The van der Waals surface area contributed by atoms with Gasteiger partial charge >= 0.3 is 0 Å². The van der Waals surface area contributed by atoms with Gasteiger partial charge in [-0.05, 0) is 25.0 Å². The van der Waals surface area contributed by atoms with Crippen molar-refractivity contribution in [2.45, 2.75) is 19.3 Å². The Hall–Kier alpha value is -2.63. The normalized spacial score (nSPS) is 15.9. The number of hydrogen-bond acceptors (Lipinski definition) is 6. The molecule has 20 heavy (non-hydrogen) atoms. The van der Waals surface area contributed by atoms with Gasteiger partial charge in [-0.3, -0.25) is 0 Å². The number of nitrogen functional groups attached to an aromatic ring is 2. The third-order valence-electron chi connectivity index (χ3n) is 3.20. The maximum absolute atomic E-state index is 5.88. The Bertz CT molecular complexity index is 654. The van der Waals surface area contributed by atoms with Gasteiger partial charge in [0, 0.05) is 12.0 Å². The molecule has 0 amide bonds. The fourth-order valence-corrected chi connectivity index (χ4v) is 2.20. The summed E-state index contributed by atoms with van der Waals surface area (Å²) in [5.74, 6) is 1.37. The van der Waals surface area contributed by atoms with Crippen molar-refractivity contribution in [3.05, 3.63) is 41.6 Å². The molecule has 2 aromatic rings. The summed E-state index contributed by atoms with van der Waals surface area (Å²) in [4.78, 5) is 13.6. The van der Waals surface area contributed by atoms with E-state index in [-0.39, 0.29) is 5.95 Å². The zero-order valence-electron chi connectivity index (χ0n) is 10.9. The first-order valence-electron chi connectivity index (χ1n) is 6.41. The predicted molar refractivity (Wildman–Crippen MR) is 77.4 cm³/mol. The summed E-state index contributed by atoms with van der Waals surface area (Å²) < 4.78 is 0. The second-order valence-electron chi connectivity index (χ2n) is 4.63. The zero-order chi connectivity index (χ0) is 13.9. The van der Waals surface area contributed by atoms with Crippen molar-refractivity contribution in [1.82, 2.24) is 9.97 Å². The molecule has 0 radical (unpaired) electrons. The van der Waals surface area contributed by atoms with Crippen LogP contribution < -0.4 is 16.3 Å². The summed E-state index contributed by atoms with van der Waals surface area (Å²) in [6.07, 6.45) is 2.15. The van der Waals surface area contributed by atoms with Crippen LogP contribution in [-0.4, -0.2) is 15.7 Å². The van der Waals surface area contributed by atoms with Crippen LogP contribution in [0.5, 0.6) is 5.75 Å².